The third kappa shape index (κ3) is 4.03. The van der Waals surface area contributed by atoms with Gasteiger partial charge in [0.25, 0.3) is 0 Å². The van der Waals surface area contributed by atoms with Gasteiger partial charge < -0.3 is 9.84 Å². The molecule has 110 valence electrons. The average Bonchev–Trinajstić information content (AvgIpc) is 2.52. The first-order valence-corrected chi connectivity index (χ1v) is 7.43. The Morgan fingerprint density at radius 3 is 2.57 bits per heavy atom. The van der Waals surface area contributed by atoms with E-state index in [4.69, 9.17) is 4.74 Å². The lowest BCUT2D eigenvalue weighted by Crippen LogP contribution is -2.03. The summed E-state index contributed by atoms with van der Waals surface area (Å²) in [7, 11) is 0. The van der Waals surface area contributed by atoms with Crippen molar-refractivity contribution in [3.8, 4) is 5.75 Å². The van der Waals surface area contributed by atoms with Crippen molar-refractivity contribution in [3.05, 3.63) is 69.8 Å². The number of alkyl halides is 1. The largest absolute Gasteiger partial charge is 0.482 e. The van der Waals surface area contributed by atoms with E-state index in [0.29, 0.717) is 10.9 Å². The van der Waals surface area contributed by atoms with E-state index in [1.54, 1.807) is 6.07 Å². The number of nitro groups is 1. The summed E-state index contributed by atoms with van der Waals surface area (Å²) in [6, 6.07) is 13.9. The fourth-order valence-electron chi connectivity index (χ4n) is 1.83. The molecule has 0 spiro atoms. The van der Waals surface area contributed by atoms with E-state index in [-0.39, 0.29) is 18.0 Å². The van der Waals surface area contributed by atoms with E-state index in [9.17, 15) is 15.2 Å². The molecule has 0 aliphatic rings. The van der Waals surface area contributed by atoms with Gasteiger partial charge in [0.2, 0.25) is 0 Å². The van der Waals surface area contributed by atoms with Crippen molar-refractivity contribution in [3.63, 3.8) is 0 Å². The Morgan fingerprint density at radius 2 is 1.95 bits per heavy atom. The number of nitrogens with zero attached hydrogens (tertiary/aromatic N) is 1. The molecule has 0 heterocycles. The number of rotatable bonds is 6. The maximum absolute atomic E-state index is 11.1. The lowest BCUT2D eigenvalue weighted by Gasteiger charge is -2.10. The van der Waals surface area contributed by atoms with Crippen molar-refractivity contribution in [2.75, 3.05) is 5.33 Å². The monoisotopic (exact) mass is 351 g/mol. The molecule has 0 aromatic heterocycles. The number of halogens is 1. The highest BCUT2D eigenvalue weighted by molar-refractivity contribution is 9.09. The SMILES string of the molecule is O=[N+]([O-])c1cc([C@H](O)CBr)ccc1OCc1ccccc1. The van der Waals surface area contributed by atoms with Crippen LogP contribution in [0.2, 0.25) is 0 Å². The minimum Gasteiger partial charge on any atom is -0.482 e. The van der Waals surface area contributed by atoms with Crippen molar-refractivity contribution >= 4 is 21.6 Å². The topological polar surface area (TPSA) is 72.6 Å². The summed E-state index contributed by atoms with van der Waals surface area (Å²) in [5.41, 5.74) is 1.26. The van der Waals surface area contributed by atoms with Gasteiger partial charge in [0.05, 0.1) is 11.0 Å². The molecule has 2 rings (SSSR count). The number of nitro benzene ring substituents is 1. The zero-order valence-electron chi connectivity index (χ0n) is 11.1. The summed E-state index contributed by atoms with van der Waals surface area (Å²) >= 11 is 3.14. The van der Waals surface area contributed by atoms with Gasteiger partial charge in [-0.15, -0.1) is 0 Å². The summed E-state index contributed by atoms with van der Waals surface area (Å²) in [5, 5.41) is 21.2. The van der Waals surface area contributed by atoms with Crippen molar-refractivity contribution in [2.45, 2.75) is 12.7 Å². The van der Waals surface area contributed by atoms with Crippen LogP contribution in [0.4, 0.5) is 5.69 Å². The van der Waals surface area contributed by atoms with Gasteiger partial charge in [-0.25, -0.2) is 0 Å². The molecule has 0 radical (unpaired) electrons. The van der Waals surface area contributed by atoms with Crippen LogP contribution in [0.25, 0.3) is 0 Å². The summed E-state index contributed by atoms with van der Waals surface area (Å²) in [5.74, 6) is 0.189. The first-order chi connectivity index (χ1) is 10.1. The highest BCUT2D eigenvalue weighted by atomic mass is 79.9. The molecule has 5 nitrogen and oxygen atoms in total. The molecule has 0 aliphatic heterocycles. The number of aliphatic hydroxyl groups excluding tert-OH is 1. The quantitative estimate of drug-likeness (QED) is 0.490. The van der Waals surface area contributed by atoms with E-state index >= 15 is 0 Å². The molecule has 1 N–H and O–H groups in total. The zero-order chi connectivity index (χ0) is 15.2. The van der Waals surface area contributed by atoms with E-state index < -0.39 is 11.0 Å². The zero-order valence-corrected chi connectivity index (χ0v) is 12.7. The van der Waals surface area contributed by atoms with Crippen LogP contribution in [-0.2, 0) is 6.61 Å². The van der Waals surface area contributed by atoms with Gasteiger partial charge in [-0.3, -0.25) is 10.1 Å². The van der Waals surface area contributed by atoms with Gasteiger partial charge in [0, 0.05) is 11.4 Å². The van der Waals surface area contributed by atoms with Crippen LogP contribution >= 0.6 is 15.9 Å². The molecule has 0 bridgehead atoms. The van der Waals surface area contributed by atoms with Crippen LogP contribution in [0.15, 0.2) is 48.5 Å². The third-order valence-corrected chi connectivity index (χ3v) is 3.56. The van der Waals surface area contributed by atoms with Gasteiger partial charge >= 0.3 is 5.69 Å². The third-order valence-electron chi connectivity index (χ3n) is 2.95. The number of aliphatic hydroxyl groups is 1. The van der Waals surface area contributed by atoms with Crippen LogP contribution in [-0.4, -0.2) is 15.4 Å². The highest BCUT2D eigenvalue weighted by Gasteiger charge is 2.18. The second-order valence-electron chi connectivity index (χ2n) is 4.43. The average molecular weight is 352 g/mol. The lowest BCUT2D eigenvalue weighted by atomic mass is 10.1. The minimum atomic E-state index is -0.785. The van der Waals surface area contributed by atoms with E-state index in [2.05, 4.69) is 15.9 Å². The Hall–Kier alpha value is -1.92. The molecule has 0 fully saturated rings. The molecule has 0 amide bonds. The molecule has 6 heteroatoms. The molecule has 0 unspecified atom stereocenters. The Balaban J connectivity index is 2.20. The molecular formula is C15H14BrNO4. The Morgan fingerprint density at radius 1 is 1.24 bits per heavy atom. The number of hydrogen-bond acceptors (Lipinski definition) is 4. The lowest BCUT2D eigenvalue weighted by molar-refractivity contribution is -0.386. The van der Waals surface area contributed by atoms with Crippen molar-refractivity contribution in [1.29, 1.82) is 0 Å². The van der Waals surface area contributed by atoms with Gasteiger partial charge in [0.1, 0.15) is 6.61 Å². The van der Waals surface area contributed by atoms with Gasteiger partial charge in [-0.1, -0.05) is 52.3 Å². The van der Waals surface area contributed by atoms with Gasteiger partial charge in [-0.05, 0) is 17.2 Å². The van der Waals surface area contributed by atoms with E-state index in [1.165, 1.54) is 12.1 Å². The molecule has 0 saturated heterocycles. The molecule has 1 atom stereocenters. The van der Waals surface area contributed by atoms with Crippen molar-refractivity contribution in [2.24, 2.45) is 0 Å². The van der Waals surface area contributed by atoms with Crippen LogP contribution < -0.4 is 4.74 Å². The predicted octanol–water partition coefficient (Wildman–Crippen LogP) is 3.60. The van der Waals surface area contributed by atoms with Gasteiger partial charge in [0.15, 0.2) is 5.75 Å². The second kappa shape index (κ2) is 7.19. The molecular weight excluding hydrogens is 338 g/mol. The fourth-order valence-corrected chi connectivity index (χ4v) is 2.20. The van der Waals surface area contributed by atoms with Crippen LogP contribution in [0.3, 0.4) is 0 Å². The Bertz CT molecular complexity index is 618. The molecule has 0 saturated carbocycles. The molecule has 2 aromatic carbocycles. The van der Waals surface area contributed by atoms with Crippen LogP contribution in [0.5, 0.6) is 5.75 Å². The summed E-state index contributed by atoms with van der Waals surface area (Å²) in [6.45, 7) is 0.252. The summed E-state index contributed by atoms with van der Waals surface area (Å²) in [6.07, 6.45) is -0.785. The highest BCUT2D eigenvalue weighted by Crippen LogP contribution is 2.31. The number of benzene rings is 2. The first kappa shape index (κ1) is 15.5. The smallest absolute Gasteiger partial charge is 0.311 e. The normalized spacial score (nSPS) is 11.9. The Kier molecular flexibility index (Phi) is 5.30. The number of hydrogen-bond donors (Lipinski definition) is 1. The second-order valence-corrected chi connectivity index (χ2v) is 5.08. The Labute approximate surface area is 130 Å². The van der Waals surface area contributed by atoms with Crippen molar-refractivity contribution in [1.82, 2.24) is 0 Å². The molecule has 21 heavy (non-hydrogen) atoms. The van der Waals surface area contributed by atoms with Gasteiger partial charge in [-0.2, -0.15) is 0 Å². The maximum Gasteiger partial charge on any atom is 0.311 e. The molecule has 2 aromatic rings. The predicted molar refractivity (Wildman–Crippen MR) is 82.6 cm³/mol. The number of ether oxygens (including phenoxy) is 1. The van der Waals surface area contributed by atoms with Crippen LogP contribution in [0, 0.1) is 10.1 Å². The molecule has 0 aliphatic carbocycles. The fraction of sp³-hybridized carbons (Fsp3) is 0.200. The standard InChI is InChI=1S/C15H14BrNO4/c16-9-14(18)12-6-7-15(13(8-12)17(19)20)21-10-11-4-2-1-3-5-11/h1-8,14,18H,9-10H2/t14-/m1/s1. The first-order valence-electron chi connectivity index (χ1n) is 6.31. The maximum atomic E-state index is 11.1. The van der Waals surface area contributed by atoms with Crippen LogP contribution in [0.1, 0.15) is 17.2 Å². The summed E-state index contributed by atoms with van der Waals surface area (Å²) in [4.78, 5) is 10.6. The summed E-state index contributed by atoms with van der Waals surface area (Å²) < 4.78 is 5.52. The van der Waals surface area contributed by atoms with Crippen molar-refractivity contribution < 1.29 is 14.8 Å². The van der Waals surface area contributed by atoms with E-state index in [1.807, 2.05) is 30.3 Å². The minimum absolute atomic E-state index is 0.150. The van der Waals surface area contributed by atoms with E-state index in [0.717, 1.165) is 5.56 Å².